The molecule has 5 saturated heterocycles. The summed E-state index contributed by atoms with van der Waals surface area (Å²) in [5.41, 5.74) is 0. The average Bonchev–Trinajstić information content (AvgIpc) is 0.771. The molecule has 0 radical (unpaired) electrons. The van der Waals surface area contributed by atoms with Crippen molar-refractivity contribution in [2.75, 3.05) is 26.9 Å². The Morgan fingerprint density at radius 2 is 0.813 bits per heavy atom. The Morgan fingerprint density at radius 3 is 1.26 bits per heavy atom. The van der Waals surface area contributed by atoms with Crippen molar-refractivity contribution in [2.24, 2.45) is 0 Å². The van der Waals surface area contributed by atoms with E-state index in [1.807, 2.05) is 0 Å². The van der Waals surface area contributed by atoms with Crippen LogP contribution in [0.4, 0.5) is 0 Å². The third-order valence-corrected chi connectivity index (χ3v) is 16.3. The van der Waals surface area contributed by atoms with Crippen LogP contribution < -0.4 is 14.2 Å². The highest BCUT2D eigenvalue weighted by molar-refractivity contribution is 7.89. The number of hydrogen-bond acceptors (Lipinski definition) is 41. The molecule has 534 valence electrons. The number of aliphatic hydroxyl groups is 6. The van der Waals surface area contributed by atoms with Crippen molar-refractivity contribution in [1.29, 1.82) is 0 Å². The zero-order valence-corrected chi connectivity index (χ0v) is 50.5. The maximum atomic E-state index is 13.0. The Balaban J connectivity index is 1.59. The monoisotopic (exact) mass is 1510 g/mol. The maximum absolute atomic E-state index is 13.0. The van der Waals surface area contributed by atoms with Crippen LogP contribution in [-0.4, -0.2) is 329 Å². The summed E-state index contributed by atoms with van der Waals surface area (Å²) in [6, 6.07) is -7.75. The second-order valence-corrected chi connectivity index (χ2v) is 26.8. The minimum Gasteiger partial charge on any atom is -0.479 e. The van der Waals surface area contributed by atoms with Gasteiger partial charge in [-0.3, -0.25) is 36.1 Å². The first-order valence-electron chi connectivity index (χ1n) is 23.5. The molecule has 0 aromatic heterocycles. The summed E-state index contributed by atoms with van der Waals surface area (Å²) in [5, 5.41) is 100. The number of aliphatic carboxylic acids is 2. The highest BCUT2D eigenvalue weighted by atomic mass is 32.3. The van der Waals surface area contributed by atoms with Crippen LogP contribution in [0.25, 0.3) is 0 Å². The Morgan fingerprint density at radius 1 is 0.418 bits per heavy atom. The quantitative estimate of drug-likeness (QED) is 0.00978. The van der Waals surface area contributed by atoms with Gasteiger partial charge in [0.2, 0.25) is 0 Å². The first-order chi connectivity index (χ1) is 41.5. The first kappa shape index (κ1) is 79.3. The molecule has 91 heavy (non-hydrogen) atoms. The van der Waals surface area contributed by atoms with Gasteiger partial charge in [0.05, 0.1) is 19.8 Å². The second kappa shape index (κ2) is 31.4. The van der Waals surface area contributed by atoms with E-state index in [0.717, 1.165) is 7.11 Å². The number of hydrogen-bond donors (Lipinski definition) is 19. The van der Waals surface area contributed by atoms with Gasteiger partial charge in [0.15, 0.2) is 62.1 Å². The Labute approximate surface area is 513 Å². The van der Waals surface area contributed by atoms with Gasteiger partial charge in [-0.05, 0) is 0 Å². The van der Waals surface area contributed by atoms with E-state index in [1.54, 1.807) is 0 Å². The largest absolute Gasteiger partial charge is 0.479 e. The highest BCUT2D eigenvalue weighted by Crippen LogP contribution is 2.39. The lowest BCUT2D eigenvalue weighted by molar-refractivity contribution is -0.435. The predicted octanol–water partition coefficient (Wildman–Crippen LogP) is -12.6. The molecule has 0 aliphatic carbocycles. The maximum Gasteiger partial charge on any atom is 0.397 e. The molecular formula is C31H53N3O49S8. The van der Waals surface area contributed by atoms with Gasteiger partial charge >= 0.3 is 84.4 Å². The summed E-state index contributed by atoms with van der Waals surface area (Å²) in [6.45, 7) is -4.83. The van der Waals surface area contributed by atoms with Gasteiger partial charge in [-0.2, -0.15) is 73.1 Å². The van der Waals surface area contributed by atoms with E-state index in [-0.39, 0.29) is 0 Å². The van der Waals surface area contributed by atoms with Crippen molar-refractivity contribution in [3.05, 3.63) is 0 Å². The number of carboxylic acid groups (broad SMARTS) is 2. The molecule has 52 nitrogen and oxygen atoms in total. The Hall–Kier alpha value is -2.42. The van der Waals surface area contributed by atoms with Gasteiger partial charge < -0.3 is 88.2 Å². The molecule has 5 aliphatic rings. The lowest BCUT2D eigenvalue weighted by Crippen LogP contribution is -2.71. The van der Waals surface area contributed by atoms with E-state index in [9.17, 15) is 137 Å². The van der Waals surface area contributed by atoms with Gasteiger partial charge in [-0.15, -0.1) is 4.33 Å². The van der Waals surface area contributed by atoms with E-state index < -0.39 is 270 Å². The van der Waals surface area contributed by atoms with Crippen molar-refractivity contribution < 1.29 is 224 Å². The predicted molar refractivity (Wildman–Crippen MR) is 263 cm³/mol. The number of carbonyl (C=O) groups is 2. The number of methoxy groups -OCH3 is 1. The summed E-state index contributed by atoms with van der Waals surface area (Å²) >= 11 is -0.672. The Kier molecular flexibility index (Phi) is 27.4. The van der Waals surface area contributed by atoms with E-state index in [2.05, 4.69) is 26.1 Å². The molecule has 0 amide bonds. The summed E-state index contributed by atoms with van der Waals surface area (Å²) < 4.78 is 318. The van der Waals surface area contributed by atoms with Crippen LogP contribution in [0, 0.1) is 0 Å². The molecule has 0 aromatic rings. The minimum absolute atomic E-state index is 0.672. The van der Waals surface area contributed by atoms with Gasteiger partial charge in [0, 0.05) is 7.11 Å². The Bertz CT molecular complexity index is 3290. The van der Waals surface area contributed by atoms with Crippen LogP contribution in [-0.2, 0) is 160 Å². The number of aliphatic hydroxyl groups excluding tert-OH is 6. The molecule has 5 rings (SSSR count). The van der Waals surface area contributed by atoms with Crippen LogP contribution in [0.5, 0.6) is 0 Å². The fourth-order valence-corrected chi connectivity index (χ4v) is 12.5. The van der Waals surface area contributed by atoms with Crippen LogP contribution in [0.1, 0.15) is 0 Å². The molecule has 0 saturated carbocycles. The number of ether oxygens (including phenoxy) is 10. The summed E-state index contributed by atoms with van der Waals surface area (Å²) in [6.07, 6.45) is -60.9. The third-order valence-electron chi connectivity index (χ3n) is 12.4. The van der Waals surface area contributed by atoms with E-state index in [4.69, 9.17) is 61.4 Å². The third kappa shape index (κ3) is 23.1. The molecule has 60 heteroatoms. The van der Waals surface area contributed by atoms with Crippen LogP contribution in [0.15, 0.2) is 0 Å². The fourth-order valence-electron chi connectivity index (χ4n) is 8.92. The molecule has 0 aromatic carbocycles. The van der Waals surface area contributed by atoms with Crippen LogP contribution in [0.3, 0.4) is 0 Å². The molecule has 10 unspecified atom stereocenters. The van der Waals surface area contributed by atoms with Crippen LogP contribution >= 0.6 is 12.3 Å². The van der Waals surface area contributed by atoms with Gasteiger partial charge in [0.1, 0.15) is 104 Å². The molecule has 25 atom stereocenters. The van der Waals surface area contributed by atoms with Crippen molar-refractivity contribution in [2.45, 2.75) is 153 Å². The van der Waals surface area contributed by atoms with Gasteiger partial charge in [0.25, 0.3) is 0 Å². The zero-order valence-electron chi connectivity index (χ0n) is 43.9. The van der Waals surface area contributed by atoms with Crippen molar-refractivity contribution >= 4 is 96.8 Å². The number of rotatable bonds is 32. The molecular weight excluding hydrogens is 1450 g/mol. The lowest BCUT2D eigenvalue weighted by Gasteiger charge is -2.50. The average molecular weight is 1510 g/mol. The fraction of sp³-hybridized carbons (Fsp3) is 0.935. The van der Waals surface area contributed by atoms with Gasteiger partial charge in [-0.25, -0.2) is 31.6 Å². The zero-order chi connectivity index (χ0) is 69.1. The smallest absolute Gasteiger partial charge is 0.397 e. The highest BCUT2D eigenvalue weighted by Gasteiger charge is 2.61. The number of carboxylic acids is 2. The first-order valence-corrected chi connectivity index (χ1v) is 34.0. The second-order valence-electron chi connectivity index (χ2n) is 18.5. The molecule has 0 bridgehead atoms. The van der Waals surface area contributed by atoms with E-state index >= 15 is 0 Å². The van der Waals surface area contributed by atoms with E-state index in [1.165, 1.54) is 14.2 Å². The van der Waals surface area contributed by atoms with Crippen molar-refractivity contribution in [3.63, 3.8) is 0 Å². The normalized spacial score (nSPS) is 38.5. The van der Waals surface area contributed by atoms with Crippen molar-refractivity contribution in [1.82, 2.24) is 14.2 Å². The molecule has 5 heterocycles. The van der Waals surface area contributed by atoms with Crippen LogP contribution in [0.2, 0.25) is 0 Å². The SMILES string of the molecule is CO[C@H]1OC(COS(=O)(=O)O)[C@@H](O[C@@H]2OC(C(=O)O)[C@H](O[C@@H]3OC(COS(=O)(=O)O)[C@@H](O[C@@H]4OC(C(=O)O)[C@@H](O[C@H]5OC(COS(=O)(=O)O)[C@@H](O)[C@H](O)C5NS(=O)(=O)O)[C@H](O)C4O)[C@@H](OSOOO)C3NS(=O)(=O)O)[C@@H](O)C2OS(=O)(=O)O)[C@H](O)C1NS(=O)(=O)O. The summed E-state index contributed by atoms with van der Waals surface area (Å²) in [4.78, 5) is 25.9. The molecule has 5 aliphatic heterocycles. The standard InChI is InChI=1S/C31H53N3O49S8/c1-67-27-9(33-86(49,50)51)13(37)17(6(72-27)3-69-89(58,59)60)74-31-22(81-91(64,65)66)16(40)21(24(79-31)26(43)44)77-29-10(34-87(52,53)54)19(80-84-83-82-45)18(7(73-29)4-70-90(61,62)63)75-30-15(39)14(38)20(23(78-30)25(41)42)76-28-8(32-85(46,47)48)12(36)11(35)5(71-28)2-68-88(55,56)57/h5-24,27-40,45H,2-4H2,1H3,(H,41,42)(H,43,44)(H,46,47,48)(H,49,50,51)(H,52,53,54)(H,55,56,57)(H,58,59,60)(H,61,62,63)(H,64,65,66)/t5?,6?,7?,8?,9?,10?,11-,12-,13-,14-,15?,16-,17-,18-,19+,20+,21-,22?,23?,24?,27+,28-,29+,30-,31-/m1/s1. The molecule has 0 spiro atoms. The molecule has 19 N–H and O–H groups in total. The minimum atomic E-state index is -6.11. The molecule has 5 fully saturated rings. The van der Waals surface area contributed by atoms with E-state index in [0.29, 0.717) is 0 Å². The van der Waals surface area contributed by atoms with Crippen molar-refractivity contribution in [3.8, 4) is 0 Å². The summed E-state index contributed by atoms with van der Waals surface area (Å²) in [7, 11) is -39.1. The number of nitrogens with one attached hydrogen (secondary N) is 3. The topological polar surface area (TPSA) is 790 Å². The summed E-state index contributed by atoms with van der Waals surface area (Å²) in [5.74, 6) is -4.76. The van der Waals surface area contributed by atoms with Gasteiger partial charge in [-0.1, -0.05) is 5.04 Å². The lowest BCUT2D eigenvalue weighted by atomic mass is 9.94.